The Morgan fingerprint density at radius 1 is 1.19 bits per heavy atom. The van der Waals surface area contributed by atoms with E-state index in [2.05, 4.69) is 45.8 Å². The molecule has 16 heavy (non-hydrogen) atoms. The highest BCUT2D eigenvalue weighted by molar-refractivity contribution is 7.98. The zero-order chi connectivity index (χ0) is 11.2. The Balaban J connectivity index is 1.94. The van der Waals surface area contributed by atoms with Gasteiger partial charge in [-0.15, -0.1) is 11.8 Å². The fourth-order valence-corrected chi connectivity index (χ4v) is 1.73. The molecular formula is C12H13N3S. The first-order valence-electron chi connectivity index (χ1n) is 5.01. The van der Waals surface area contributed by atoms with Crippen molar-refractivity contribution in [2.24, 2.45) is 0 Å². The first kappa shape index (κ1) is 11.0. The summed E-state index contributed by atoms with van der Waals surface area (Å²) in [5.41, 5.74) is 2.04. The van der Waals surface area contributed by atoms with Gasteiger partial charge in [-0.3, -0.25) is 9.97 Å². The maximum atomic E-state index is 4.20. The second kappa shape index (κ2) is 5.51. The van der Waals surface area contributed by atoms with Crippen LogP contribution in [0, 0.1) is 0 Å². The van der Waals surface area contributed by atoms with E-state index in [-0.39, 0.29) is 0 Å². The van der Waals surface area contributed by atoms with Gasteiger partial charge >= 0.3 is 0 Å². The smallest absolute Gasteiger partial charge is 0.0777 e. The molecule has 82 valence electrons. The number of hydrogen-bond donors (Lipinski definition) is 1. The summed E-state index contributed by atoms with van der Waals surface area (Å²) in [4.78, 5) is 9.49. The number of benzene rings is 1. The molecule has 0 atom stereocenters. The van der Waals surface area contributed by atoms with Gasteiger partial charge in [0.25, 0.3) is 0 Å². The number of hydrogen-bond acceptors (Lipinski definition) is 4. The molecule has 1 aromatic heterocycles. The van der Waals surface area contributed by atoms with E-state index in [1.165, 1.54) is 4.90 Å². The molecule has 0 fully saturated rings. The lowest BCUT2D eigenvalue weighted by Crippen LogP contribution is -2.01. The lowest BCUT2D eigenvalue weighted by atomic mass is 10.3. The van der Waals surface area contributed by atoms with E-state index in [0.717, 1.165) is 11.4 Å². The molecule has 1 N–H and O–H groups in total. The summed E-state index contributed by atoms with van der Waals surface area (Å²) in [5.74, 6) is 0. The topological polar surface area (TPSA) is 37.8 Å². The summed E-state index contributed by atoms with van der Waals surface area (Å²) < 4.78 is 0. The zero-order valence-corrected chi connectivity index (χ0v) is 9.87. The summed E-state index contributed by atoms with van der Waals surface area (Å²) >= 11 is 1.74. The molecule has 1 aromatic carbocycles. The molecule has 0 aliphatic rings. The van der Waals surface area contributed by atoms with Crippen LogP contribution >= 0.6 is 11.8 Å². The zero-order valence-electron chi connectivity index (χ0n) is 9.05. The number of thioether (sulfide) groups is 1. The summed E-state index contributed by atoms with van der Waals surface area (Å²) in [5, 5.41) is 3.30. The molecule has 0 radical (unpaired) electrons. The van der Waals surface area contributed by atoms with Crippen molar-refractivity contribution in [2.45, 2.75) is 11.4 Å². The molecule has 0 saturated carbocycles. The maximum absolute atomic E-state index is 4.20. The minimum absolute atomic E-state index is 0.701. The standard InChI is InChI=1S/C12H13N3S/c1-16-12-4-2-10(3-5-12)15-9-11-8-13-6-7-14-11/h2-8,15H,9H2,1H3. The molecular weight excluding hydrogens is 218 g/mol. The van der Waals surface area contributed by atoms with E-state index in [1.54, 1.807) is 30.4 Å². The minimum Gasteiger partial charge on any atom is -0.379 e. The van der Waals surface area contributed by atoms with Gasteiger partial charge < -0.3 is 5.32 Å². The fraction of sp³-hybridized carbons (Fsp3) is 0.167. The van der Waals surface area contributed by atoms with E-state index in [1.807, 2.05) is 0 Å². The van der Waals surface area contributed by atoms with E-state index in [0.29, 0.717) is 6.54 Å². The van der Waals surface area contributed by atoms with Crippen LogP contribution in [0.2, 0.25) is 0 Å². The maximum Gasteiger partial charge on any atom is 0.0777 e. The van der Waals surface area contributed by atoms with Crippen LogP contribution < -0.4 is 5.32 Å². The van der Waals surface area contributed by atoms with Crippen LogP contribution in [0.25, 0.3) is 0 Å². The van der Waals surface area contributed by atoms with Crippen LogP contribution in [-0.4, -0.2) is 16.2 Å². The van der Waals surface area contributed by atoms with E-state index < -0.39 is 0 Å². The molecule has 0 saturated heterocycles. The van der Waals surface area contributed by atoms with Crippen LogP contribution in [0.1, 0.15) is 5.69 Å². The van der Waals surface area contributed by atoms with E-state index in [9.17, 15) is 0 Å². The second-order valence-electron chi connectivity index (χ2n) is 3.28. The molecule has 0 unspecified atom stereocenters. The SMILES string of the molecule is CSc1ccc(NCc2cnccn2)cc1. The third kappa shape index (κ3) is 2.97. The van der Waals surface area contributed by atoms with Crippen molar-refractivity contribution < 1.29 is 0 Å². The number of rotatable bonds is 4. The van der Waals surface area contributed by atoms with Gasteiger partial charge in [0.1, 0.15) is 0 Å². The minimum atomic E-state index is 0.701. The Kier molecular flexibility index (Phi) is 3.77. The molecule has 0 aliphatic carbocycles. The Bertz CT molecular complexity index is 428. The molecule has 4 heteroatoms. The van der Waals surface area contributed by atoms with Crippen LogP contribution in [-0.2, 0) is 6.54 Å². The van der Waals surface area contributed by atoms with Crippen LogP contribution in [0.4, 0.5) is 5.69 Å². The summed E-state index contributed by atoms with van der Waals surface area (Å²) in [6, 6.07) is 8.34. The third-order valence-electron chi connectivity index (χ3n) is 2.18. The lowest BCUT2D eigenvalue weighted by molar-refractivity contribution is 1.01. The van der Waals surface area contributed by atoms with Gasteiger partial charge in [-0.25, -0.2) is 0 Å². The average Bonchev–Trinajstić information content (AvgIpc) is 2.38. The summed E-state index contributed by atoms with van der Waals surface area (Å²) in [6.45, 7) is 0.701. The van der Waals surface area contributed by atoms with Crippen molar-refractivity contribution in [3.05, 3.63) is 48.5 Å². The molecule has 3 nitrogen and oxygen atoms in total. The molecule has 0 spiro atoms. The second-order valence-corrected chi connectivity index (χ2v) is 4.16. The number of nitrogens with one attached hydrogen (secondary N) is 1. The summed E-state index contributed by atoms with van der Waals surface area (Å²) in [6.07, 6.45) is 7.22. The average molecular weight is 231 g/mol. The van der Waals surface area contributed by atoms with Crippen molar-refractivity contribution >= 4 is 17.4 Å². The normalized spacial score (nSPS) is 10.1. The molecule has 0 aliphatic heterocycles. The number of nitrogens with zero attached hydrogens (tertiary/aromatic N) is 2. The molecule has 0 amide bonds. The molecule has 2 rings (SSSR count). The van der Waals surface area contributed by atoms with Gasteiger partial charge in [0, 0.05) is 23.0 Å². The lowest BCUT2D eigenvalue weighted by Gasteiger charge is -2.05. The number of aromatic nitrogens is 2. The van der Waals surface area contributed by atoms with Crippen LogP contribution in [0.15, 0.2) is 47.8 Å². The summed E-state index contributed by atoms with van der Waals surface area (Å²) in [7, 11) is 0. The predicted octanol–water partition coefficient (Wildman–Crippen LogP) is 2.81. The largest absolute Gasteiger partial charge is 0.379 e. The first-order chi connectivity index (χ1) is 7.88. The Hall–Kier alpha value is -1.55. The van der Waals surface area contributed by atoms with Crippen LogP contribution in [0.5, 0.6) is 0 Å². The monoisotopic (exact) mass is 231 g/mol. The van der Waals surface area contributed by atoms with Gasteiger partial charge in [0.15, 0.2) is 0 Å². The first-order valence-corrected chi connectivity index (χ1v) is 6.24. The van der Waals surface area contributed by atoms with Crippen molar-refractivity contribution in [3.8, 4) is 0 Å². The number of anilines is 1. The van der Waals surface area contributed by atoms with Crippen molar-refractivity contribution in [3.63, 3.8) is 0 Å². The molecule has 2 aromatic rings. The van der Waals surface area contributed by atoms with Gasteiger partial charge in [-0.05, 0) is 30.5 Å². The molecule has 1 heterocycles. The van der Waals surface area contributed by atoms with E-state index >= 15 is 0 Å². The molecule has 0 bridgehead atoms. The van der Waals surface area contributed by atoms with Gasteiger partial charge in [-0.2, -0.15) is 0 Å². The Morgan fingerprint density at radius 2 is 2.00 bits per heavy atom. The highest BCUT2D eigenvalue weighted by atomic mass is 32.2. The predicted molar refractivity (Wildman–Crippen MR) is 67.6 cm³/mol. The van der Waals surface area contributed by atoms with Crippen molar-refractivity contribution in [1.82, 2.24) is 9.97 Å². The van der Waals surface area contributed by atoms with Gasteiger partial charge in [0.05, 0.1) is 18.4 Å². The Labute approximate surface area is 99.3 Å². The van der Waals surface area contributed by atoms with Crippen molar-refractivity contribution in [1.29, 1.82) is 0 Å². The fourth-order valence-electron chi connectivity index (χ4n) is 1.32. The van der Waals surface area contributed by atoms with Gasteiger partial charge in [0.2, 0.25) is 0 Å². The van der Waals surface area contributed by atoms with Crippen LogP contribution in [0.3, 0.4) is 0 Å². The van der Waals surface area contributed by atoms with Gasteiger partial charge in [-0.1, -0.05) is 0 Å². The Morgan fingerprint density at radius 3 is 2.62 bits per heavy atom. The quantitative estimate of drug-likeness (QED) is 0.821. The highest BCUT2D eigenvalue weighted by Gasteiger charge is 1.95. The third-order valence-corrected chi connectivity index (χ3v) is 2.92. The highest BCUT2D eigenvalue weighted by Crippen LogP contribution is 2.17. The van der Waals surface area contributed by atoms with E-state index in [4.69, 9.17) is 0 Å². The van der Waals surface area contributed by atoms with Crippen molar-refractivity contribution in [2.75, 3.05) is 11.6 Å².